The topological polar surface area (TPSA) is 50.4 Å². The molecule has 0 atom stereocenters. The maximum Gasteiger partial charge on any atom is 0.337 e. The number of hydrogen-bond acceptors (Lipinski definition) is 4. The molecule has 0 aliphatic carbocycles. The number of anilines is 1. The minimum Gasteiger partial charge on any atom is -0.465 e. The SMILES string of the molecule is COC(=O)c1ccc(F)c(NCCNCc2cccc(C)c2)c1. The summed E-state index contributed by atoms with van der Waals surface area (Å²) in [4.78, 5) is 11.5. The summed E-state index contributed by atoms with van der Waals surface area (Å²) in [5.74, 6) is -0.873. The first kappa shape index (κ1) is 17.0. The molecule has 2 aromatic rings. The third-order valence-electron chi connectivity index (χ3n) is 3.42. The van der Waals surface area contributed by atoms with Crippen LogP contribution in [0, 0.1) is 12.7 Å². The summed E-state index contributed by atoms with van der Waals surface area (Å²) in [6.45, 7) is 4.04. The normalized spacial score (nSPS) is 10.4. The van der Waals surface area contributed by atoms with Crippen LogP contribution in [-0.4, -0.2) is 26.2 Å². The van der Waals surface area contributed by atoms with E-state index in [1.54, 1.807) is 0 Å². The van der Waals surface area contributed by atoms with Gasteiger partial charge in [-0.25, -0.2) is 9.18 Å². The number of nitrogens with one attached hydrogen (secondary N) is 2. The number of rotatable bonds is 7. The summed E-state index contributed by atoms with van der Waals surface area (Å²) in [6, 6.07) is 12.4. The van der Waals surface area contributed by atoms with Crippen molar-refractivity contribution in [3.63, 3.8) is 0 Å². The van der Waals surface area contributed by atoms with Crippen LogP contribution in [0.3, 0.4) is 0 Å². The predicted octanol–water partition coefficient (Wildman–Crippen LogP) is 3.12. The lowest BCUT2D eigenvalue weighted by molar-refractivity contribution is 0.0600. The van der Waals surface area contributed by atoms with Gasteiger partial charge in [0.05, 0.1) is 18.4 Å². The Kier molecular flexibility index (Phi) is 6.11. The molecule has 2 aromatic carbocycles. The van der Waals surface area contributed by atoms with Crippen molar-refractivity contribution in [2.45, 2.75) is 13.5 Å². The van der Waals surface area contributed by atoms with E-state index in [1.165, 1.54) is 36.4 Å². The lowest BCUT2D eigenvalue weighted by atomic mass is 10.1. The van der Waals surface area contributed by atoms with E-state index >= 15 is 0 Å². The van der Waals surface area contributed by atoms with Crippen molar-refractivity contribution >= 4 is 11.7 Å². The van der Waals surface area contributed by atoms with Crippen LogP contribution in [0.1, 0.15) is 21.5 Å². The minimum absolute atomic E-state index is 0.297. The number of carbonyl (C=O) groups excluding carboxylic acids is 1. The third-order valence-corrected chi connectivity index (χ3v) is 3.42. The van der Waals surface area contributed by atoms with Crippen molar-refractivity contribution in [2.24, 2.45) is 0 Å². The fourth-order valence-corrected chi connectivity index (χ4v) is 2.25. The van der Waals surface area contributed by atoms with E-state index in [4.69, 9.17) is 0 Å². The van der Waals surface area contributed by atoms with E-state index in [1.807, 2.05) is 6.07 Å². The van der Waals surface area contributed by atoms with Gasteiger partial charge in [-0.2, -0.15) is 0 Å². The highest BCUT2D eigenvalue weighted by Crippen LogP contribution is 2.16. The Hall–Kier alpha value is -2.40. The minimum atomic E-state index is -0.481. The maximum atomic E-state index is 13.7. The molecule has 0 amide bonds. The first-order valence-corrected chi connectivity index (χ1v) is 7.48. The molecule has 0 radical (unpaired) electrons. The molecule has 2 N–H and O–H groups in total. The van der Waals surface area contributed by atoms with E-state index < -0.39 is 11.8 Å². The van der Waals surface area contributed by atoms with Gasteiger partial charge in [0.2, 0.25) is 0 Å². The van der Waals surface area contributed by atoms with Crippen LogP contribution in [0.15, 0.2) is 42.5 Å². The van der Waals surface area contributed by atoms with Gasteiger partial charge in [-0.1, -0.05) is 29.8 Å². The molecule has 5 heteroatoms. The number of ether oxygens (including phenoxy) is 1. The van der Waals surface area contributed by atoms with Gasteiger partial charge in [0.25, 0.3) is 0 Å². The van der Waals surface area contributed by atoms with Gasteiger partial charge in [-0.3, -0.25) is 0 Å². The molecule has 0 saturated heterocycles. The van der Waals surface area contributed by atoms with Gasteiger partial charge >= 0.3 is 5.97 Å². The van der Waals surface area contributed by atoms with Gasteiger partial charge in [-0.05, 0) is 30.7 Å². The van der Waals surface area contributed by atoms with Gasteiger partial charge in [0.15, 0.2) is 0 Å². The van der Waals surface area contributed by atoms with Crippen LogP contribution in [-0.2, 0) is 11.3 Å². The molecule has 23 heavy (non-hydrogen) atoms. The van der Waals surface area contributed by atoms with Crippen molar-refractivity contribution in [3.8, 4) is 0 Å². The summed E-state index contributed by atoms with van der Waals surface area (Å²) < 4.78 is 18.4. The molecular formula is C18H21FN2O2. The largest absolute Gasteiger partial charge is 0.465 e. The highest BCUT2D eigenvalue weighted by Gasteiger charge is 2.09. The Labute approximate surface area is 135 Å². The molecule has 4 nitrogen and oxygen atoms in total. The van der Waals surface area contributed by atoms with E-state index in [9.17, 15) is 9.18 Å². The number of halogens is 1. The van der Waals surface area contributed by atoms with Crippen LogP contribution in [0.5, 0.6) is 0 Å². The number of aryl methyl sites for hydroxylation is 1. The Morgan fingerprint density at radius 3 is 2.74 bits per heavy atom. The summed E-state index contributed by atoms with van der Waals surface area (Å²) in [6.07, 6.45) is 0. The fraction of sp³-hybridized carbons (Fsp3) is 0.278. The van der Waals surface area contributed by atoms with Gasteiger partial charge < -0.3 is 15.4 Å². The zero-order valence-corrected chi connectivity index (χ0v) is 13.4. The van der Waals surface area contributed by atoms with Crippen molar-refractivity contribution in [1.29, 1.82) is 0 Å². The number of hydrogen-bond donors (Lipinski definition) is 2. The number of esters is 1. The first-order valence-electron chi connectivity index (χ1n) is 7.48. The smallest absolute Gasteiger partial charge is 0.337 e. The summed E-state index contributed by atoms with van der Waals surface area (Å²) in [5, 5.41) is 6.28. The average Bonchev–Trinajstić information content (AvgIpc) is 2.55. The molecule has 0 saturated carbocycles. The first-order chi connectivity index (χ1) is 11.1. The van der Waals surface area contributed by atoms with Crippen molar-refractivity contribution in [1.82, 2.24) is 5.32 Å². The monoisotopic (exact) mass is 316 g/mol. The highest BCUT2D eigenvalue weighted by molar-refractivity contribution is 5.90. The zero-order chi connectivity index (χ0) is 16.7. The van der Waals surface area contributed by atoms with Gasteiger partial charge in [0.1, 0.15) is 5.82 Å². The molecule has 0 fully saturated rings. The van der Waals surface area contributed by atoms with Crippen LogP contribution in [0.2, 0.25) is 0 Å². The lowest BCUT2D eigenvalue weighted by Gasteiger charge is -2.10. The number of methoxy groups -OCH3 is 1. The zero-order valence-electron chi connectivity index (χ0n) is 13.4. The molecule has 2 rings (SSSR count). The molecule has 0 aromatic heterocycles. The molecule has 0 spiro atoms. The van der Waals surface area contributed by atoms with Crippen molar-refractivity contribution in [3.05, 3.63) is 65.0 Å². The van der Waals surface area contributed by atoms with Gasteiger partial charge in [-0.15, -0.1) is 0 Å². The fourth-order valence-electron chi connectivity index (χ4n) is 2.25. The van der Waals surface area contributed by atoms with Crippen molar-refractivity contribution in [2.75, 3.05) is 25.5 Å². The van der Waals surface area contributed by atoms with E-state index in [0.29, 0.717) is 24.3 Å². The second-order valence-electron chi connectivity index (χ2n) is 5.28. The molecule has 0 unspecified atom stereocenters. The Bertz CT molecular complexity index is 674. The molecule has 0 heterocycles. The quantitative estimate of drug-likeness (QED) is 0.609. The summed E-state index contributed by atoms with van der Waals surface area (Å²) >= 11 is 0. The van der Waals surface area contributed by atoms with E-state index in [0.717, 1.165) is 6.54 Å². The van der Waals surface area contributed by atoms with Crippen LogP contribution >= 0.6 is 0 Å². The standard InChI is InChI=1S/C18H21FN2O2/c1-13-4-3-5-14(10-13)12-20-8-9-21-17-11-15(18(22)23-2)6-7-16(17)19/h3-7,10-11,20-21H,8-9,12H2,1-2H3. The maximum absolute atomic E-state index is 13.7. The summed E-state index contributed by atoms with van der Waals surface area (Å²) in [7, 11) is 1.30. The Morgan fingerprint density at radius 1 is 1.17 bits per heavy atom. The molecular weight excluding hydrogens is 295 g/mol. The second-order valence-corrected chi connectivity index (χ2v) is 5.28. The summed E-state index contributed by atoms with van der Waals surface area (Å²) in [5.41, 5.74) is 3.06. The van der Waals surface area contributed by atoms with Crippen LogP contribution in [0.25, 0.3) is 0 Å². The van der Waals surface area contributed by atoms with Crippen molar-refractivity contribution < 1.29 is 13.9 Å². The molecule has 0 bridgehead atoms. The third kappa shape index (κ3) is 5.07. The Morgan fingerprint density at radius 2 is 2.00 bits per heavy atom. The average molecular weight is 316 g/mol. The molecule has 0 aliphatic heterocycles. The highest BCUT2D eigenvalue weighted by atomic mass is 19.1. The predicted molar refractivity (Wildman–Crippen MR) is 89.1 cm³/mol. The lowest BCUT2D eigenvalue weighted by Crippen LogP contribution is -2.22. The van der Waals surface area contributed by atoms with Crippen LogP contribution < -0.4 is 10.6 Å². The molecule has 122 valence electrons. The van der Waals surface area contributed by atoms with E-state index in [-0.39, 0.29) is 0 Å². The molecule has 0 aliphatic rings. The Balaban J connectivity index is 1.81. The van der Waals surface area contributed by atoms with Crippen LogP contribution in [0.4, 0.5) is 10.1 Å². The second kappa shape index (κ2) is 8.29. The number of carbonyl (C=O) groups is 1. The number of benzene rings is 2. The van der Waals surface area contributed by atoms with Gasteiger partial charge in [0, 0.05) is 19.6 Å². The van der Waals surface area contributed by atoms with E-state index in [2.05, 4.69) is 40.5 Å².